The van der Waals surface area contributed by atoms with Crippen LogP contribution in [-0.2, 0) is 10.0 Å². The summed E-state index contributed by atoms with van der Waals surface area (Å²) < 4.78 is 56.0. The molecule has 2 aromatic carbocycles. The number of nitrogens with one attached hydrogen (secondary N) is 1. The van der Waals surface area contributed by atoms with Gasteiger partial charge in [-0.05, 0) is 42.8 Å². The van der Waals surface area contributed by atoms with Gasteiger partial charge in [0.05, 0.1) is 19.1 Å². The molecule has 25 heavy (non-hydrogen) atoms. The Morgan fingerprint density at radius 3 is 2.44 bits per heavy atom. The highest BCUT2D eigenvalue weighted by atomic mass is 32.2. The Morgan fingerprint density at radius 1 is 1.08 bits per heavy atom. The summed E-state index contributed by atoms with van der Waals surface area (Å²) in [7, 11) is -0.738. The van der Waals surface area contributed by atoms with Gasteiger partial charge >= 0.3 is 0 Å². The van der Waals surface area contributed by atoms with Gasteiger partial charge in [0.2, 0.25) is 15.8 Å². The monoisotopic (exact) mass is 369 g/mol. The molecule has 1 N–H and O–H groups in total. The minimum absolute atomic E-state index is 0.0351. The molecule has 0 atom stereocenters. The number of methoxy groups -OCH3 is 2. The maximum atomic E-state index is 13.1. The number of ether oxygens (including phenoxy) is 3. The zero-order valence-electron chi connectivity index (χ0n) is 14.2. The SMILES string of the molecule is COc1cccc(OCCNS(=O)(=O)c2ccc(F)cc2C)c1OC. The molecule has 0 aliphatic rings. The molecule has 6 nitrogen and oxygen atoms in total. The van der Waals surface area contributed by atoms with E-state index in [4.69, 9.17) is 14.2 Å². The molecule has 0 aliphatic heterocycles. The zero-order valence-corrected chi connectivity index (χ0v) is 15.0. The number of rotatable bonds is 8. The van der Waals surface area contributed by atoms with Crippen molar-refractivity contribution in [2.75, 3.05) is 27.4 Å². The minimum atomic E-state index is -3.74. The number of benzene rings is 2. The lowest BCUT2D eigenvalue weighted by atomic mass is 10.2. The van der Waals surface area contributed by atoms with E-state index in [-0.39, 0.29) is 18.0 Å². The van der Waals surface area contributed by atoms with Crippen LogP contribution in [0.25, 0.3) is 0 Å². The molecule has 0 aliphatic carbocycles. The molecule has 0 fully saturated rings. The summed E-state index contributed by atoms with van der Waals surface area (Å²) in [5.41, 5.74) is 0.336. The van der Waals surface area contributed by atoms with Crippen LogP contribution in [0.1, 0.15) is 5.56 Å². The Labute approximate surface area is 146 Å². The molecule has 0 saturated carbocycles. The van der Waals surface area contributed by atoms with E-state index in [2.05, 4.69) is 4.72 Å². The van der Waals surface area contributed by atoms with E-state index >= 15 is 0 Å². The molecule has 0 amide bonds. The van der Waals surface area contributed by atoms with Crippen molar-refractivity contribution in [2.24, 2.45) is 0 Å². The molecule has 0 heterocycles. The van der Waals surface area contributed by atoms with Crippen molar-refractivity contribution in [3.63, 3.8) is 0 Å². The van der Waals surface area contributed by atoms with Gasteiger partial charge < -0.3 is 14.2 Å². The summed E-state index contributed by atoms with van der Waals surface area (Å²) >= 11 is 0. The van der Waals surface area contributed by atoms with Crippen LogP contribution in [0.4, 0.5) is 4.39 Å². The van der Waals surface area contributed by atoms with E-state index in [0.717, 1.165) is 6.07 Å². The van der Waals surface area contributed by atoms with Crippen molar-refractivity contribution in [1.82, 2.24) is 4.72 Å². The number of sulfonamides is 1. The summed E-state index contributed by atoms with van der Waals surface area (Å²) in [6.45, 7) is 1.66. The van der Waals surface area contributed by atoms with Gasteiger partial charge in [-0.3, -0.25) is 0 Å². The highest BCUT2D eigenvalue weighted by molar-refractivity contribution is 7.89. The lowest BCUT2D eigenvalue weighted by Crippen LogP contribution is -2.28. The third kappa shape index (κ3) is 4.61. The van der Waals surface area contributed by atoms with Crippen LogP contribution in [0, 0.1) is 12.7 Å². The maximum absolute atomic E-state index is 13.1. The van der Waals surface area contributed by atoms with Gasteiger partial charge in [-0.25, -0.2) is 17.5 Å². The highest BCUT2D eigenvalue weighted by Gasteiger charge is 2.17. The number of halogens is 1. The van der Waals surface area contributed by atoms with E-state index in [1.807, 2.05) is 0 Å². The van der Waals surface area contributed by atoms with Crippen LogP contribution in [0.3, 0.4) is 0 Å². The Hall–Kier alpha value is -2.32. The lowest BCUT2D eigenvalue weighted by molar-refractivity contribution is 0.287. The largest absolute Gasteiger partial charge is 0.493 e. The summed E-state index contributed by atoms with van der Waals surface area (Å²) in [5, 5.41) is 0. The Kier molecular flexibility index (Phi) is 6.22. The van der Waals surface area contributed by atoms with Gasteiger partial charge in [0, 0.05) is 6.54 Å². The quantitative estimate of drug-likeness (QED) is 0.724. The fourth-order valence-corrected chi connectivity index (χ4v) is 3.54. The number of hydrogen-bond donors (Lipinski definition) is 1. The summed E-state index contributed by atoms with van der Waals surface area (Å²) in [6, 6.07) is 8.68. The van der Waals surface area contributed by atoms with Crippen molar-refractivity contribution < 1.29 is 27.0 Å². The Bertz CT molecular complexity index is 839. The number of hydrogen-bond acceptors (Lipinski definition) is 5. The van der Waals surface area contributed by atoms with Crippen LogP contribution in [0.15, 0.2) is 41.3 Å². The van der Waals surface area contributed by atoms with Gasteiger partial charge in [-0.2, -0.15) is 0 Å². The van der Waals surface area contributed by atoms with Crippen LogP contribution in [0.5, 0.6) is 17.2 Å². The maximum Gasteiger partial charge on any atom is 0.240 e. The van der Waals surface area contributed by atoms with E-state index < -0.39 is 15.8 Å². The van der Waals surface area contributed by atoms with Crippen molar-refractivity contribution in [1.29, 1.82) is 0 Å². The Balaban J connectivity index is 1.99. The first kappa shape index (κ1) is 19.0. The van der Waals surface area contributed by atoms with Gasteiger partial charge in [0.1, 0.15) is 12.4 Å². The van der Waals surface area contributed by atoms with E-state index in [0.29, 0.717) is 22.8 Å². The van der Waals surface area contributed by atoms with E-state index in [9.17, 15) is 12.8 Å². The molecule has 0 unspecified atom stereocenters. The van der Waals surface area contributed by atoms with Crippen LogP contribution in [-0.4, -0.2) is 35.8 Å². The first-order valence-electron chi connectivity index (χ1n) is 7.48. The molecule has 0 radical (unpaired) electrons. The van der Waals surface area contributed by atoms with Crippen LogP contribution < -0.4 is 18.9 Å². The first-order valence-corrected chi connectivity index (χ1v) is 8.97. The highest BCUT2D eigenvalue weighted by Crippen LogP contribution is 2.36. The fraction of sp³-hybridized carbons (Fsp3) is 0.294. The first-order chi connectivity index (χ1) is 11.9. The van der Waals surface area contributed by atoms with E-state index in [1.165, 1.54) is 33.3 Å². The predicted molar refractivity (Wildman–Crippen MR) is 91.4 cm³/mol. The van der Waals surface area contributed by atoms with Crippen molar-refractivity contribution in [3.8, 4) is 17.2 Å². The van der Waals surface area contributed by atoms with Crippen molar-refractivity contribution in [3.05, 3.63) is 47.8 Å². The Morgan fingerprint density at radius 2 is 1.80 bits per heavy atom. The van der Waals surface area contributed by atoms with Gasteiger partial charge in [-0.15, -0.1) is 0 Å². The molecular formula is C17H20FNO5S. The lowest BCUT2D eigenvalue weighted by Gasteiger charge is -2.14. The van der Waals surface area contributed by atoms with Crippen LogP contribution >= 0.6 is 0 Å². The van der Waals surface area contributed by atoms with Gasteiger partial charge in [-0.1, -0.05) is 6.07 Å². The molecule has 8 heteroatoms. The second kappa shape index (κ2) is 8.17. The molecule has 136 valence electrons. The van der Waals surface area contributed by atoms with E-state index in [1.54, 1.807) is 18.2 Å². The molecule has 0 bridgehead atoms. The molecular weight excluding hydrogens is 349 g/mol. The predicted octanol–water partition coefficient (Wildman–Crippen LogP) is 2.51. The van der Waals surface area contributed by atoms with Crippen molar-refractivity contribution in [2.45, 2.75) is 11.8 Å². The normalized spacial score (nSPS) is 11.2. The van der Waals surface area contributed by atoms with Crippen LogP contribution in [0.2, 0.25) is 0 Å². The summed E-state index contributed by atoms with van der Waals surface area (Å²) in [4.78, 5) is 0.0351. The number of para-hydroxylation sites is 1. The minimum Gasteiger partial charge on any atom is -0.493 e. The zero-order chi connectivity index (χ0) is 18.4. The second-order valence-corrected chi connectivity index (χ2v) is 6.88. The third-order valence-corrected chi connectivity index (χ3v) is 5.07. The average Bonchev–Trinajstić information content (AvgIpc) is 2.57. The summed E-state index contributed by atoms with van der Waals surface area (Å²) in [6.07, 6.45) is 0. The average molecular weight is 369 g/mol. The molecule has 0 spiro atoms. The second-order valence-electron chi connectivity index (χ2n) is 5.15. The summed E-state index contributed by atoms with van der Waals surface area (Å²) in [5.74, 6) is 0.911. The standard InChI is InChI=1S/C17H20FNO5S/c1-12-11-13(18)7-8-16(12)25(20,21)19-9-10-24-15-6-4-5-14(22-2)17(15)23-3/h4-8,11,19H,9-10H2,1-3H3. The molecule has 2 aromatic rings. The third-order valence-electron chi connectivity index (χ3n) is 3.45. The van der Waals surface area contributed by atoms with Crippen molar-refractivity contribution >= 4 is 10.0 Å². The topological polar surface area (TPSA) is 73.9 Å². The molecule has 0 aromatic heterocycles. The number of aryl methyl sites for hydroxylation is 1. The molecule has 2 rings (SSSR count). The molecule has 0 saturated heterocycles. The fourth-order valence-electron chi connectivity index (χ4n) is 2.30. The van der Waals surface area contributed by atoms with Gasteiger partial charge in [0.25, 0.3) is 0 Å². The van der Waals surface area contributed by atoms with Gasteiger partial charge in [0.15, 0.2) is 11.5 Å². The smallest absolute Gasteiger partial charge is 0.240 e.